The van der Waals surface area contributed by atoms with Gasteiger partial charge in [-0.2, -0.15) is 0 Å². The van der Waals surface area contributed by atoms with E-state index in [9.17, 15) is 4.79 Å². The number of rotatable bonds is 8. The Bertz CT molecular complexity index is 407. The predicted molar refractivity (Wildman–Crippen MR) is 70.9 cm³/mol. The average Bonchev–Trinajstić information content (AvgIpc) is 2.37. The third kappa shape index (κ3) is 5.92. The summed E-state index contributed by atoms with van der Waals surface area (Å²) in [6, 6.07) is 7.54. The Hall–Kier alpha value is -1.99. The first-order valence-corrected chi connectivity index (χ1v) is 5.86. The van der Waals surface area contributed by atoms with Gasteiger partial charge in [-0.3, -0.25) is 4.79 Å². The molecule has 1 aromatic rings. The van der Waals surface area contributed by atoms with Crippen molar-refractivity contribution < 1.29 is 9.53 Å². The molecule has 0 bridgehead atoms. The standard InChI is InChI=1S/C14H18N2O2/c1-2-3-4-9-16-10-12-5-7-13(8-6-12)18-11-14(15)17/h1,5-8,16H,3-4,9-11H2,(H2,15,17). The number of terminal acetylenes is 1. The lowest BCUT2D eigenvalue weighted by Crippen LogP contribution is -2.20. The summed E-state index contributed by atoms with van der Waals surface area (Å²) in [5, 5.41) is 3.30. The summed E-state index contributed by atoms with van der Waals surface area (Å²) in [5.41, 5.74) is 6.14. The summed E-state index contributed by atoms with van der Waals surface area (Å²) < 4.78 is 5.16. The minimum absolute atomic E-state index is 0.0936. The third-order valence-corrected chi connectivity index (χ3v) is 2.31. The molecule has 0 heterocycles. The van der Waals surface area contributed by atoms with Crippen LogP contribution < -0.4 is 15.8 Å². The second-order valence-electron chi connectivity index (χ2n) is 3.88. The molecule has 1 amide bonds. The number of carbonyl (C=O) groups is 1. The molecule has 4 heteroatoms. The van der Waals surface area contributed by atoms with E-state index < -0.39 is 5.91 Å². The average molecular weight is 246 g/mol. The number of amides is 1. The lowest BCUT2D eigenvalue weighted by atomic mass is 10.2. The Morgan fingerprint density at radius 3 is 2.72 bits per heavy atom. The summed E-state index contributed by atoms with van der Waals surface area (Å²) in [5.74, 6) is 2.77. The molecule has 0 spiro atoms. The SMILES string of the molecule is C#CCCCNCc1ccc(OCC(N)=O)cc1. The van der Waals surface area contributed by atoms with Gasteiger partial charge >= 0.3 is 0 Å². The van der Waals surface area contributed by atoms with Crippen LogP contribution in [-0.2, 0) is 11.3 Å². The maximum Gasteiger partial charge on any atom is 0.255 e. The molecule has 1 aromatic carbocycles. The summed E-state index contributed by atoms with van der Waals surface area (Å²) in [7, 11) is 0. The van der Waals surface area contributed by atoms with E-state index in [2.05, 4.69) is 11.2 Å². The molecule has 1 rings (SSSR count). The van der Waals surface area contributed by atoms with Gasteiger partial charge in [0, 0.05) is 13.0 Å². The van der Waals surface area contributed by atoms with Crippen LogP contribution in [0.5, 0.6) is 5.75 Å². The van der Waals surface area contributed by atoms with Crippen LogP contribution >= 0.6 is 0 Å². The normalized spacial score (nSPS) is 9.72. The minimum Gasteiger partial charge on any atom is -0.484 e. The summed E-state index contributed by atoms with van der Waals surface area (Å²) >= 11 is 0. The minimum atomic E-state index is -0.478. The van der Waals surface area contributed by atoms with E-state index in [1.54, 1.807) is 0 Å². The highest BCUT2D eigenvalue weighted by molar-refractivity contribution is 5.75. The van der Waals surface area contributed by atoms with Crippen molar-refractivity contribution in [2.45, 2.75) is 19.4 Å². The van der Waals surface area contributed by atoms with Crippen molar-refractivity contribution in [2.75, 3.05) is 13.2 Å². The van der Waals surface area contributed by atoms with Gasteiger partial charge in [-0.05, 0) is 30.7 Å². The van der Waals surface area contributed by atoms with Gasteiger partial charge in [-0.15, -0.1) is 12.3 Å². The van der Waals surface area contributed by atoms with E-state index in [1.807, 2.05) is 24.3 Å². The van der Waals surface area contributed by atoms with Gasteiger partial charge < -0.3 is 15.8 Å². The van der Waals surface area contributed by atoms with Gasteiger partial charge in [0.05, 0.1) is 0 Å². The Morgan fingerprint density at radius 2 is 2.11 bits per heavy atom. The Balaban J connectivity index is 2.27. The van der Waals surface area contributed by atoms with E-state index in [1.165, 1.54) is 0 Å². The Labute approximate surface area is 108 Å². The molecule has 96 valence electrons. The number of primary amides is 1. The molecular weight excluding hydrogens is 228 g/mol. The maximum absolute atomic E-state index is 10.5. The van der Waals surface area contributed by atoms with Crippen molar-refractivity contribution in [2.24, 2.45) is 5.73 Å². The lowest BCUT2D eigenvalue weighted by Gasteiger charge is -2.06. The Morgan fingerprint density at radius 1 is 1.39 bits per heavy atom. The van der Waals surface area contributed by atoms with Crippen LogP contribution in [-0.4, -0.2) is 19.1 Å². The number of hydrogen-bond acceptors (Lipinski definition) is 3. The van der Waals surface area contributed by atoms with Crippen LogP contribution in [0.2, 0.25) is 0 Å². The van der Waals surface area contributed by atoms with E-state index in [0.717, 1.165) is 31.5 Å². The van der Waals surface area contributed by atoms with Crippen LogP contribution in [0, 0.1) is 12.3 Å². The highest BCUT2D eigenvalue weighted by Gasteiger charge is 1.98. The topological polar surface area (TPSA) is 64.3 Å². The van der Waals surface area contributed by atoms with Crippen LogP contribution in [0.25, 0.3) is 0 Å². The zero-order valence-corrected chi connectivity index (χ0v) is 10.3. The first kappa shape index (κ1) is 14.1. The van der Waals surface area contributed by atoms with Crippen molar-refractivity contribution >= 4 is 5.91 Å². The van der Waals surface area contributed by atoms with Gasteiger partial charge in [0.15, 0.2) is 6.61 Å². The molecule has 0 aliphatic rings. The third-order valence-electron chi connectivity index (χ3n) is 2.31. The monoisotopic (exact) mass is 246 g/mol. The molecule has 3 N–H and O–H groups in total. The Kier molecular flexibility index (Phi) is 6.37. The van der Waals surface area contributed by atoms with Gasteiger partial charge in [0.25, 0.3) is 5.91 Å². The number of nitrogens with two attached hydrogens (primary N) is 1. The molecule has 18 heavy (non-hydrogen) atoms. The fourth-order valence-corrected chi connectivity index (χ4v) is 1.41. The van der Waals surface area contributed by atoms with E-state index >= 15 is 0 Å². The summed E-state index contributed by atoms with van der Waals surface area (Å²) in [6.45, 7) is 1.61. The number of ether oxygens (including phenoxy) is 1. The van der Waals surface area contributed by atoms with Gasteiger partial charge in [-0.25, -0.2) is 0 Å². The van der Waals surface area contributed by atoms with Crippen molar-refractivity contribution in [1.82, 2.24) is 5.32 Å². The second kappa shape index (κ2) is 8.15. The quantitative estimate of drug-likeness (QED) is 0.532. The lowest BCUT2D eigenvalue weighted by molar-refractivity contribution is -0.119. The predicted octanol–water partition coefficient (Wildman–Crippen LogP) is 1.05. The number of benzene rings is 1. The van der Waals surface area contributed by atoms with Crippen LogP contribution in [0.15, 0.2) is 24.3 Å². The molecule has 0 radical (unpaired) electrons. The first-order chi connectivity index (χ1) is 8.72. The molecule has 0 aromatic heterocycles. The van der Waals surface area contributed by atoms with Crippen molar-refractivity contribution in [3.05, 3.63) is 29.8 Å². The van der Waals surface area contributed by atoms with E-state index in [4.69, 9.17) is 16.9 Å². The number of nitrogens with one attached hydrogen (secondary N) is 1. The summed E-state index contributed by atoms with van der Waals surface area (Å²) in [6.07, 6.45) is 6.94. The van der Waals surface area contributed by atoms with E-state index in [-0.39, 0.29) is 6.61 Å². The zero-order chi connectivity index (χ0) is 13.2. The fraction of sp³-hybridized carbons (Fsp3) is 0.357. The highest BCUT2D eigenvalue weighted by Crippen LogP contribution is 2.11. The molecule has 4 nitrogen and oxygen atoms in total. The second-order valence-corrected chi connectivity index (χ2v) is 3.88. The van der Waals surface area contributed by atoms with Crippen LogP contribution in [0.1, 0.15) is 18.4 Å². The molecule has 0 saturated heterocycles. The molecule has 0 unspecified atom stereocenters. The fourth-order valence-electron chi connectivity index (χ4n) is 1.41. The smallest absolute Gasteiger partial charge is 0.255 e. The van der Waals surface area contributed by atoms with Crippen LogP contribution in [0.3, 0.4) is 0 Å². The number of carbonyl (C=O) groups excluding carboxylic acids is 1. The zero-order valence-electron chi connectivity index (χ0n) is 10.3. The summed E-state index contributed by atoms with van der Waals surface area (Å²) in [4.78, 5) is 10.5. The highest BCUT2D eigenvalue weighted by atomic mass is 16.5. The molecule has 0 aliphatic heterocycles. The largest absolute Gasteiger partial charge is 0.484 e. The molecule has 0 atom stereocenters. The van der Waals surface area contributed by atoms with Crippen molar-refractivity contribution in [3.8, 4) is 18.1 Å². The van der Waals surface area contributed by atoms with Crippen LogP contribution in [0.4, 0.5) is 0 Å². The first-order valence-electron chi connectivity index (χ1n) is 5.86. The number of hydrogen-bond donors (Lipinski definition) is 2. The van der Waals surface area contributed by atoms with E-state index in [0.29, 0.717) is 5.75 Å². The van der Waals surface area contributed by atoms with Crippen molar-refractivity contribution in [3.63, 3.8) is 0 Å². The number of unbranched alkanes of at least 4 members (excludes halogenated alkanes) is 1. The van der Waals surface area contributed by atoms with Gasteiger partial charge in [-0.1, -0.05) is 12.1 Å². The molecule has 0 fully saturated rings. The molecular formula is C14H18N2O2. The van der Waals surface area contributed by atoms with Crippen molar-refractivity contribution in [1.29, 1.82) is 0 Å². The molecule has 0 aliphatic carbocycles. The van der Waals surface area contributed by atoms with Gasteiger partial charge in [0.2, 0.25) is 0 Å². The molecule has 0 saturated carbocycles. The van der Waals surface area contributed by atoms with Gasteiger partial charge in [0.1, 0.15) is 5.75 Å². The maximum atomic E-state index is 10.5.